The van der Waals surface area contributed by atoms with Crippen molar-refractivity contribution in [3.05, 3.63) is 65.0 Å². The molecule has 0 saturated heterocycles. The van der Waals surface area contributed by atoms with Crippen LogP contribution in [0.1, 0.15) is 37.5 Å². The molecule has 0 radical (unpaired) electrons. The summed E-state index contributed by atoms with van der Waals surface area (Å²) in [6.07, 6.45) is 0. The van der Waals surface area contributed by atoms with E-state index in [4.69, 9.17) is 0 Å². The lowest BCUT2D eigenvalue weighted by atomic mass is 9.87. The largest absolute Gasteiger partial charge is 0.381 e. The first-order valence-electron chi connectivity index (χ1n) is 6.96. The molecule has 2 heteroatoms. The fourth-order valence-electron chi connectivity index (χ4n) is 2.11. The Bertz CT molecular complexity index is 579. The van der Waals surface area contributed by atoms with E-state index in [2.05, 4.69) is 50.4 Å². The number of rotatable bonds is 3. The molecule has 0 bridgehead atoms. The average molecular weight is 271 g/mol. The van der Waals surface area contributed by atoms with Crippen molar-refractivity contribution in [2.45, 2.75) is 39.7 Å². The maximum atomic E-state index is 13.2. The zero-order valence-electron chi connectivity index (χ0n) is 12.6. The van der Waals surface area contributed by atoms with E-state index in [1.807, 2.05) is 12.1 Å². The van der Waals surface area contributed by atoms with E-state index in [1.54, 1.807) is 6.92 Å². The Morgan fingerprint density at radius 3 is 2.20 bits per heavy atom. The van der Waals surface area contributed by atoms with Gasteiger partial charge in [0.25, 0.3) is 0 Å². The van der Waals surface area contributed by atoms with Gasteiger partial charge in [0.2, 0.25) is 0 Å². The molecule has 0 aliphatic carbocycles. The van der Waals surface area contributed by atoms with Crippen molar-refractivity contribution < 1.29 is 4.39 Å². The molecule has 106 valence electrons. The molecular formula is C18H22FN. The van der Waals surface area contributed by atoms with Crippen molar-refractivity contribution in [1.29, 1.82) is 0 Å². The Morgan fingerprint density at radius 2 is 1.65 bits per heavy atom. The van der Waals surface area contributed by atoms with Crippen LogP contribution in [0.2, 0.25) is 0 Å². The van der Waals surface area contributed by atoms with Crippen molar-refractivity contribution in [2.24, 2.45) is 0 Å². The van der Waals surface area contributed by atoms with E-state index in [9.17, 15) is 4.39 Å². The Kier molecular flexibility index (Phi) is 4.12. The number of nitrogens with one attached hydrogen (secondary N) is 1. The molecule has 0 aromatic heterocycles. The highest BCUT2D eigenvalue weighted by Crippen LogP contribution is 2.23. The first-order valence-corrected chi connectivity index (χ1v) is 6.96. The van der Waals surface area contributed by atoms with E-state index >= 15 is 0 Å². The summed E-state index contributed by atoms with van der Waals surface area (Å²) in [5.74, 6) is -0.150. The van der Waals surface area contributed by atoms with Crippen LogP contribution in [0.3, 0.4) is 0 Å². The lowest BCUT2D eigenvalue weighted by molar-refractivity contribution is 0.590. The quantitative estimate of drug-likeness (QED) is 0.824. The van der Waals surface area contributed by atoms with Crippen LogP contribution in [0.4, 0.5) is 10.1 Å². The number of hydrogen-bond acceptors (Lipinski definition) is 1. The molecule has 1 nitrogen and oxygen atoms in total. The molecule has 0 saturated carbocycles. The lowest BCUT2D eigenvalue weighted by Gasteiger charge is -2.19. The second-order valence-corrected chi connectivity index (χ2v) is 6.26. The topological polar surface area (TPSA) is 12.0 Å². The minimum Gasteiger partial charge on any atom is -0.381 e. The van der Waals surface area contributed by atoms with Gasteiger partial charge in [0, 0.05) is 12.2 Å². The number of hydrogen-bond donors (Lipinski definition) is 1. The monoisotopic (exact) mass is 271 g/mol. The molecule has 0 unspecified atom stereocenters. The van der Waals surface area contributed by atoms with Crippen molar-refractivity contribution in [3.8, 4) is 0 Å². The third kappa shape index (κ3) is 3.60. The highest BCUT2D eigenvalue weighted by atomic mass is 19.1. The Hall–Kier alpha value is -1.83. The van der Waals surface area contributed by atoms with Gasteiger partial charge in [-0.2, -0.15) is 0 Å². The van der Waals surface area contributed by atoms with Gasteiger partial charge in [-0.15, -0.1) is 0 Å². The number of aryl methyl sites for hydroxylation is 1. The fraction of sp³-hybridized carbons (Fsp3) is 0.333. The van der Waals surface area contributed by atoms with Crippen molar-refractivity contribution in [1.82, 2.24) is 0 Å². The van der Waals surface area contributed by atoms with Gasteiger partial charge >= 0.3 is 0 Å². The standard InChI is InChI=1S/C18H22FN/c1-13-11-14(5-10-17(13)19)12-20-16-8-6-15(7-9-16)18(2,3)4/h5-11,20H,12H2,1-4H3. The second kappa shape index (κ2) is 5.66. The smallest absolute Gasteiger partial charge is 0.126 e. The van der Waals surface area contributed by atoms with E-state index < -0.39 is 0 Å². The molecule has 2 rings (SSSR count). The van der Waals surface area contributed by atoms with Crippen LogP contribution in [0.5, 0.6) is 0 Å². The summed E-state index contributed by atoms with van der Waals surface area (Å²) < 4.78 is 13.2. The van der Waals surface area contributed by atoms with Gasteiger partial charge in [-0.1, -0.05) is 45.0 Å². The lowest BCUT2D eigenvalue weighted by Crippen LogP contribution is -2.10. The summed E-state index contributed by atoms with van der Waals surface area (Å²) in [6.45, 7) is 9.11. The summed E-state index contributed by atoms with van der Waals surface area (Å²) in [5.41, 5.74) is 4.35. The second-order valence-electron chi connectivity index (χ2n) is 6.26. The predicted molar refractivity (Wildman–Crippen MR) is 83.6 cm³/mol. The number of halogens is 1. The zero-order chi connectivity index (χ0) is 14.8. The van der Waals surface area contributed by atoms with Crippen LogP contribution in [0.15, 0.2) is 42.5 Å². The van der Waals surface area contributed by atoms with E-state index in [0.717, 1.165) is 11.3 Å². The highest BCUT2D eigenvalue weighted by Gasteiger charge is 2.12. The molecular weight excluding hydrogens is 249 g/mol. The van der Waals surface area contributed by atoms with Crippen molar-refractivity contribution in [2.75, 3.05) is 5.32 Å². The van der Waals surface area contributed by atoms with Gasteiger partial charge < -0.3 is 5.32 Å². The molecule has 0 spiro atoms. The van der Waals surface area contributed by atoms with Crippen LogP contribution in [-0.4, -0.2) is 0 Å². The maximum Gasteiger partial charge on any atom is 0.126 e. The fourth-order valence-corrected chi connectivity index (χ4v) is 2.11. The van der Waals surface area contributed by atoms with Gasteiger partial charge in [0.15, 0.2) is 0 Å². The van der Waals surface area contributed by atoms with E-state index in [1.165, 1.54) is 11.6 Å². The van der Waals surface area contributed by atoms with Gasteiger partial charge in [-0.25, -0.2) is 4.39 Å². The van der Waals surface area contributed by atoms with Gasteiger partial charge in [0.05, 0.1) is 0 Å². The molecule has 0 aliphatic heterocycles. The Balaban J connectivity index is 2.02. The van der Waals surface area contributed by atoms with Crippen LogP contribution in [-0.2, 0) is 12.0 Å². The van der Waals surface area contributed by atoms with Crippen molar-refractivity contribution >= 4 is 5.69 Å². The summed E-state index contributed by atoms with van der Waals surface area (Å²) in [7, 11) is 0. The Morgan fingerprint density at radius 1 is 1.00 bits per heavy atom. The van der Waals surface area contributed by atoms with Gasteiger partial charge in [0.1, 0.15) is 5.82 Å². The third-order valence-electron chi connectivity index (χ3n) is 3.47. The molecule has 2 aromatic rings. The average Bonchev–Trinajstić information content (AvgIpc) is 2.40. The van der Waals surface area contributed by atoms with Crippen LogP contribution < -0.4 is 5.32 Å². The summed E-state index contributed by atoms with van der Waals surface area (Å²) >= 11 is 0. The van der Waals surface area contributed by atoms with Gasteiger partial charge in [-0.05, 0) is 47.2 Å². The molecule has 20 heavy (non-hydrogen) atoms. The summed E-state index contributed by atoms with van der Waals surface area (Å²) in [6, 6.07) is 13.7. The molecule has 0 aliphatic rings. The molecule has 0 amide bonds. The molecule has 1 N–H and O–H groups in total. The van der Waals surface area contributed by atoms with Crippen LogP contribution in [0.25, 0.3) is 0 Å². The first kappa shape index (κ1) is 14.6. The Labute approximate surface area is 120 Å². The minimum atomic E-state index is -0.150. The number of benzene rings is 2. The number of anilines is 1. The maximum absolute atomic E-state index is 13.2. The van der Waals surface area contributed by atoms with E-state index in [0.29, 0.717) is 12.1 Å². The summed E-state index contributed by atoms with van der Waals surface area (Å²) in [5, 5.41) is 3.36. The van der Waals surface area contributed by atoms with Gasteiger partial charge in [-0.3, -0.25) is 0 Å². The van der Waals surface area contributed by atoms with Crippen LogP contribution in [0, 0.1) is 12.7 Å². The zero-order valence-corrected chi connectivity index (χ0v) is 12.6. The normalized spacial score (nSPS) is 11.4. The first-order chi connectivity index (χ1) is 9.36. The van der Waals surface area contributed by atoms with E-state index in [-0.39, 0.29) is 11.2 Å². The summed E-state index contributed by atoms with van der Waals surface area (Å²) in [4.78, 5) is 0. The highest BCUT2D eigenvalue weighted by molar-refractivity contribution is 5.46. The predicted octanol–water partition coefficient (Wildman–Crippen LogP) is 5.04. The minimum absolute atomic E-state index is 0.150. The molecule has 2 aromatic carbocycles. The molecule has 0 atom stereocenters. The van der Waals surface area contributed by atoms with Crippen LogP contribution >= 0.6 is 0 Å². The SMILES string of the molecule is Cc1cc(CNc2ccc(C(C)(C)C)cc2)ccc1F. The van der Waals surface area contributed by atoms with Crippen molar-refractivity contribution in [3.63, 3.8) is 0 Å². The molecule has 0 heterocycles. The third-order valence-corrected chi connectivity index (χ3v) is 3.47. The molecule has 0 fully saturated rings.